The van der Waals surface area contributed by atoms with Crippen molar-refractivity contribution in [2.24, 2.45) is 0 Å². The summed E-state index contributed by atoms with van der Waals surface area (Å²) in [7, 11) is 0. The molecule has 0 bridgehead atoms. The molecule has 1 heterocycles. The number of ether oxygens (including phenoxy) is 2. The summed E-state index contributed by atoms with van der Waals surface area (Å²) in [6.07, 6.45) is 2.27. The van der Waals surface area contributed by atoms with Gasteiger partial charge >= 0.3 is 0 Å². The van der Waals surface area contributed by atoms with Gasteiger partial charge < -0.3 is 15.2 Å². The van der Waals surface area contributed by atoms with Gasteiger partial charge in [0.25, 0.3) is 0 Å². The molecule has 0 saturated carbocycles. The van der Waals surface area contributed by atoms with Crippen molar-refractivity contribution in [1.29, 1.82) is 0 Å². The molecule has 0 fully saturated rings. The van der Waals surface area contributed by atoms with Crippen LogP contribution in [0.15, 0.2) is 24.5 Å². The molecule has 5 nitrogen and oxygen atoms in total. The monoisotopic (exact) mass is 273 g/mol. The molecule has 2 aromatic rings. The van der Waals surface area contributed by atoms with E-state index < -0.39 is 0 Å². The summed E-state index contributed by atoms with van der Waals surface area (Å²) in [6.45, 7) is 6.66. The number of aromatic nitrogens is 2. The Morgan fingerprint density at radius 3 is 2.55 bits per heavy atom. The van der Waals surface area contributed by atoms with E-state index in [2.05, 4.69) is 16.9 Å². The average Bonchev–Trinajstić information content (AvgIpc) is 2.44. The first kappa shape index (κ1) is 14.1. The SMILES string of the molecule is CCCOc1ncnc(Oc2ccc(C)c(C)c2)c1N. The third-order valence-corrected chi connectivity index (χ3v) is 2.95. The first-order valence-electron chi connectivity index (χ1n) is 6.60. The Labute approximate surface area is 118 Å². The third kappa shape index (κ3) is 3.17. The van der Waals surface area contributed by atoms with Gasteiger partial charge in [-0.25, -0.2) is 0 Å². The Bertz CT molecular complexity index is 600. The topological polar surface area (TPSA) is 70.3 Å². The maximum atomic E-state index is 5.96. The van der Waals surface area contributed by atoms with Gasteiger partial charge in [-0.3, -0.25) is 0 Å². The van der Waals surface area contributed by atoms with Gasteiger partial charge in [-0.2, -0.15) is 9.97 Å². The van der Waals surface area contributed by atoms with E-state index >= 15 is 0 Å². The fourth-order valence-corrected chi connectivity index (χ4v) is 1.65. The molecule has 106 valence electrons. The van der Waals surface area contributed by atoms with Crippen LogP contribution in [0.5, 0.6) is 17.5 Å². The molecule has 0 amide bonds. The molecule has 1 aromatic heterocycles. The van der Waals surface area contributed by atoms with E-state index in [0.717, 1.165) is 12.0 Å². The highest BCUT2D eigenvalue weighted by Crippen LogP contribution is 2.31. The summed E-state index contributed by atoms with van der Waals surface area (Å²) >= 11 is 0. The zero-order chi connectivity index (χ0) is 14.5. The summed E-state index contributed by atoms with van der Waals surface area (Å²) in [5, 5.41) is 0. The smallest absolute Gasteiger partial charge is 0.249 e. The van der Waals surface area contributed by atoms with Crippen LogP contribution in [-0.2, 0) is 0 Å². The van der Waals surface area contributed by atoms with Crippen molar-refractivity contribution in [1.82, 2.24) is 9.97 Å². The molecule has 0 radical (unpaired) electrons. The van der Waals surface area contributed by atoms with Crippen LogP contribution in [0.4, 0.5) is 5.69 Å². The van der Waals surface area contributed by atoms with Crippen molar-refractivity contribution in [3.05, 3.63) is 35.7 Å². The van der Waals surface area contributed by atoms with E-state index in [0.29, 0.717) is 29.8 Å². The normalized spacial score (nSPS) is 10.3. The largest absolute Gasteiger partial charge is 0.476 e. The van der Waals surface area contributed by atoms with Crippen molar-refractivity contribution in [3.8, 4) is 17.5 Å². The van der Waals surface area contributed by atoms with Crippen molar-refractivity contribution in [2.45, 2.75) is 27.2 Å². The first-order valence-corrected chi connectivity index (χ1v) is 6.60. The minimum Gasteiger partial charge on any atom is -0.476 e. The Hall–Kier alpha value is -2.30. The second-order valence-electron chi connectivity index (χ2n) is 4.59. The van der Waals surface area contributed by atoms with Gasteiger partial charge in [-0.05, 0) is 43.5 Å². The molecule has 0 aliphatic heterocycles. The predicted molar refractivity (Wildman–Crippen MR) is 78.2 cm³/mol. The fourth-order valence-electron chi connectivity index (χ4n) is 1.65. The Balaban J connectivity index is 2.22. The number of nitrogen functional groups attached to an aromatic ring is 1. The van der Waals surface area contributed by atoms with Crippen LogP contribution < -0.4 is 15.2 Å². The molecular weight excluding hydrogens is 254 g/mol. The van der Waals surface area contributed by atoms with Crippen LogP contribution in [0.2, 0.25) is 0 Å². The van der Waals surface area contributed by atoms with E-state index in [9.17, 15) is 0 Å². The number of aryl methyl sites for hydroxylation is 2. The molecule has 0 aliphatic carbocycles. The van der Waals surface area contributed by atoms with E-state index in [1.165, 1.54) is 11.9 Å². The van der Waals surface area contributed by atoms with E-state index in [4.69, 9.17) is 15.2 Å². The molecule has 0 atom stereocenters. The number of nitrogens with two attached hydrogens (primary N) is 1. The van der Waals surface area contributed by atoms with Crippen molar-refractivity contribution in [3.63, 3.8) is 0 Å². The second kappa shape index (κ2) is 6.23. The van der Waals surface area contributed by atoms with Gasteiger partial charge in [0.1, 0.15) is 12.1 Å². The molecule has 1 aromatic carbocycles. The number of rotatable bonds is 5. The minimum atomic E-state index is 0.314. The second-order valence-corrected chi connectivity index (χ2v) is 4.59. The lowest BCUT2D eigenvalue weighted by molar-refractivity contribution is 0.304. The molecule has 0 saturated heterocycles. The highest BCUT2D eigenvalue weighted by Gasteiger charge is 2.11. The van der Waals surface area contributed by atoms with Gasteiger partial charge in [-0.15, -0.1) is 0 Å². The standard InChI is InChI=1S/C15H19N3O2/c1-4-7-19-14-13(16)15(18-9-17-14)20-12-6-5-10(2)11(3)8-12/h5-6,8-9H,4,7,16H2,1-3H3. The van der Waals surface area contributed by atoms with Crippen LogP contribution in [0.1, 0.15) is 24.5 Å². The van der Waals surface area contributed by atoms with E-state index in [1.54, 1.807) is 0 Å². The molecule has 2 rings (SSSR count). The molecule has 0 spiro atoms. The number of hydrogen-bond acceptors (Lipinski definition) is 5. The van der Waals surface area contributed by atoms with Gasteiger partial charge in [0.2, 0.25) is 11.8 Å². The molecule has 20 heavy (non-hydrogen) atoms. The summed E-state index contributed by atoms with van der Waals surface area (Å²) in [6, 6.07) is 5.83. The fraction of sp³-hybridized carbons (Fsp3) is 0.333. The highest BCUT2D eigenvalue weighted by molar-refractivity contribution is 5.57. The van der Waals surface area contributed by atoms with Gasteiger partial charge in [-0.1, -0.05) is 13.0 Å². The molecule has 5 heteroatoms. The van der Waals surface area contributed by atoms with Crippen LogP contribution in [0.3, 0.4) is 0 Å². The average molecular weight is 273 g/mol. The lowest BCUT2D eigenvalue weighted by Gasteiger charge is -2.11. The number of benzene rings is 1. The summed E-state index contributed by atoms with van der Waals surface area (Å²) in [5.74, 6) is 1.37. The maximum absolute atomic E-state index is 5.96. The van der Waals surface area contributed by atoms with Crippen LogP contribution in [-0.4, -0.2) is 16.6 Å². The third-order valence-electron chi connectivity index (χ3n) is 2.95. The zero-order valence-corrected chi connectivity index (χ0v) is 12.0. The maximum Gasteiger partial charge on any atom is 0.249 e. The molecule has 2 N–H and O–H groups in total. The Morgan fingerprint density at radius 1 is 1.10 bits per heavy atom. The summed E-state index contributed by atoms with van der Waals surface area (Å²) in [5.41, 5.74) is 8.64. The minimum absolute atomic E-state index is 0.314. The van der Waals surface area contributed by atoms with E-state index in [1.807, 2.05) is 32.0 Å². The van der Waals surface area contributed by atoms with Crippen LogP contribution >= 0.6 is 0 Å². The Morgan fingerprint density at radius 2 is 1.85 bits per heavy atom. The lowest BCUT2D eigenvalue weighted by Crippen LogP contribution is -2.04. The van der Waals surface area contributed by atoms with Gasteiger partial charge in [0.15, 0.2) is 5.69 Å². The molecule has 0 unspecified atom stereocenters. The van der Waals surface area contributed by atoms with Crippen molar-refractivity contribution < 1.29 is 9.47 Å². The number of anilines is 1. The lowest BCUT2D eigenvalue weighted by atomic mass is 10.1. The zero-order valence-electron chi connectivity index (χ0n) is 12.0. The summed E-state index contributed by atoms with van der Waals surface area (Å²) < 4.78 is 11.2. The van der Waals surface area contributed by atoms with Gasteiger partial charge in [0.05, 0.1) is 6.61 Å². The Kier molecular flexibility index (Phi) is 4.40. The first-order chi connectivity index (χ1) is 9.61. The van der Waals surface area contributed by atoms with Gasteiger partial charge in [0, 0.05) is 0 Å². The molecular formula is C15H19N3O2. The van der Waals surface area contributed by atoms with Crippen molar-refractivity contribution in [2.75, 3.05) is 12.3 Å². The summed E-state index contributed by atoms with van der Waals surface area (Å²) in [4.78, 5) is 8.07. The molecule has 0 aliphatic rings. The van der Waals surface area contributed by atoms with Crippen LogP contribution in [0, 0.1) is 13.8 Å². The highest BCUT2D eigenvalue weighted by atomic mass is 16.5. The van der Waals surface area contributed by atoms with Crippen molar-refractivity contribution >= 4 is 5.69 Å². The number of nitrogens with zero attached hydrogens (tertiary/aromatic N) is 2. The quantitative estimate of drug-likeness (QED) is 0.905. The van der Waals surface area contributed by atoms with Crippen LogP contribution in [0.25, 0.3) is 0 Å². The predicted octanol–water partition coefficient (Wildman–Crippen LogP) is 3.26. The van der Waals surface area contributed by atoms with E-state index in [-0.39, 0.29) is 0 Å². The number of hydrogen-bond donors (Lipinski definition) is 1.